The summed E-state index contributed by atoms with van der Waals surface area (Å²) in [6.07, 6.45) is 6.05. The third-order valence-electron chi connectivity index (χ3n) is 5.49. The molecule has 3 unspecified atom stereocenters. The lowest BCUT2D eigenvalue weighted by Crippen LogP contribution is -2.46. The first-order valence-electron chi connectivity index (χ1n) is 7.63. The highest BCUT2D eigenvalue weighted by Crippen LogP contribution is 2.59. The van der Waals surface area contributed by atoms with Gasteiger partial charge in [0.1, 0.15) is 0 Å². The van der Waals surface area contributed by atoms with Gasteiger partial charge < -0.3 is 10.2 Å². The molecule has 3 heteroatoms. The highest BCUT2D eigenvalue weighted by atomic mass is 16.2. The van der Waals surface area contributed by atoms with Crippen LogP contribution in [0.3, 0.4) is 0 Å². The third-order valence-corrected chi connectivity index (χ3v) is 5.49. The van der Waals surface area contributed by atoms with Gasteiger partial charge in [-0.2, -0.15) is 0 Å². The smallest absolute Gasteiger partial charge is 0.226 e. The van der Waals surface area contributed by atoms with Crippen molar-refractivity contribution in [3.8, 4) is 0 Å². The molecule has 102 valence electrons. The molecule has 1 saturated carbocycles. The first-order valence-corrected chi connectivity index (χ1v) is 7.63. The summed E-state index contributed by atoms with van der Waals surface area (Å²) in [5.74, 6) is 1.51. The number of likely N-dealkylation sites (tertiary alicyclic amines) is 1. The van der Waals surface area contributed by atoms with Crippen molar-refractivity contribution < 1.29 is 4.79 Å². The van der Waals surface area contributed by atoms with Crippen molar-refractivity contribution in [1.29, 1.82) is 0 Å². The first kappa shape index (κ1) is 12.5. The second-order valence-corrected chi connectivity index (χ2v) is 6.89. The standard InChI is InChI=1S/C15H26N2O/c1-11-3-4-12(2)17(10-11)14(18)13-9-15(13)5-7-16-8-6-15/h11-13,16H,3-10H2,1-2H3. The topological polar surface area (TPSA) is 32.3 Å². The van der Waals surface area contributed by atoms with Gasteiger partial charge in [-0.15, -0.1) is 0 Å². The van der Waals surface area contributed by atoms with Crippen LogP contribution in [0.5, 0.6) is 0 Å². The second kappa shape index (κ2) is 4.52. The number of carbonyl (C=O) groups excluding carboxylic acids is 1. The minimum absolute atomic E-state index is 0.354. The molecule has 2 aliphatic heterocycles. The van der Waals surface area contributed by atoms with Crippen LogP contribution in [-0.4, -0.2) is 36.5 Å². The van der Waals surface area contributed by atoms with E-state index < -0.39 is 0 Å². The van der Waals surface area contributed by atoms with E-state index in [1.165, 1.54) is 25.7 Å². The number of hydrogen-bond acceptors (Lipinski definition) is 2. The van der Waals surface area contributed by atoms with Crippen LogP contribution < -0.4 is 5.32 Å². The van der Waals surface area contributed by atoms with Gasteiger partial charge >= 0.3 is 0 Å². The van der Waals surface area contributed by atoms with Crippen molar-refractivity contribution in [1.82, 2.24) is 10.2 Å². The van der Waals surface area contributed by atoms with Gasteiger partial charge in [0.2, 0.25) is 5.91 Å². The maximum atomic E-state index is 12.7. The summed E-state index contributed by atoms with van der Waals surface area (Å²) in [6, 6.07) is 0.466. The van der Waals surface area contributed by atoms with Crippen LogP contribution in [-0.2, 0) is 4.79 Å². The lowest BCUT2D eigenvalue weighted by atomic mass is 9.90. The molecule has 3 fully saturated rings. The molecule has 3 aliphatic rings. The predicted molar refractivity (Wildman–Crippen MR) is 72.2 cm³/mol. The van der Waals surface area contributed by atoms with E-state index in [0.717, 1.165) is 26.1 Å². The van der Waals surface area contributed by atoms with Crippen LogP contribution in [0.1, 0.15) is 46.0 Å². The van der Waals surface area contributed by atoms with Gasteiger partial charge in [-0.1, -0.05) is 6.92 Å². The molecule has 3 nitrogen and oxygen atoms in total. The molecule has 3 rings (SSSR count). The lowest BCUT2D eigenvalue weighted by molar-refractivity contribution is -0.138. The molecule has 1 spiro atoms. The summed E-state index contributed by atoms with van der Waals surface area (Å²) in [4.78, 5) is 14.9. The molecule has 1 amide bonds. The Hall–Kier alpha value is -0.570. The molecule has 0 bridgehead atoms. The van der Waals surface area contributed by atoms with Crippen LogP contribution in [0.4, 0.5) is 0 Å². The number of nitrogens with one attached hydrogen (secondary N) is 1. The van der Waals surface area contributed by atoms with Gasteiger partial charge in [-0.05, 0) is 63.5 Å². The van der Waals surface area contributed by atoms with Gasteiger partial charge in [0.25, 0.3) is 0 Å². The van der Waals surface area contributed by atoms with Gasteiger partial charge in [0.05, 0.1) is 0 Å². The summed E-state index contributed by atoms with van der Waals surface area (Å²) in [7, 11) is 0. The van der Waals surface area contributed by atoms with E-state index in [1.807, 2.05) is 0 Å². The Morgan fingerprint density at radius 1 is 1.22 bits per heavy atom. The fourth-order valence-corrected chi connectivity index (χ4v) is 3.97. The van der Waals surface area contributed by atoms with E-state index in [2.05, 4.69) is 24.1 Å². The Labute approximate surface area is 110 Å². The van der Waals surface area contributed by atoms with E-state index in [9.17, 15) is 4.79 Å². The van der Waals surface area contributed by atoms with E-state index >= 15 is 0 Å². The monoisotopic (exact) mass is 250 g/mol. The third kappa shape index (κ3) is 2.07. The molecule has 2 saturated heterocycles. The van der Waals surface area contributed by atoms with Gasteiger partial charge in [0, 0.05) is 18.5 Å². The summed E-state index contributed by atoms with van der Waals surface area (Å²) < 4.78 is 0. The van der Waals surface area contributed by atoms with Crippen molar-refractivity contribution in [2.24, 2.45) is 17.3 Å². The molecular formula is C15H26N2O. The molecule has 1 aliphatic carbocycles. The van der Waals surface area contributed by atoms with Crippen molar-refractivity contribution in [2.45, 2.75) is 52.0 Å². The number of nitrogens with zero attached hydrogens (tertiary/aromatic N) is 1. The summed E-state index contributed by atoms with van der Waals surface area (Å²) in [5.41, 5.74) is 0.392. The highest BCUT2D eigenvalue weighted by molar-refractivity contribution is 5.83. The van der Waals surface area contributed by atoms with E-state index in [1.54, 1.807) is 0 Å². The van der Waals surface area contributed by atoms with Crippen LogP contribution in [0.15, 0.2) is 0 Å². The summed E-state index contributed by atoms with van der Waals surface area (Å²) in [6.45, 7) is 7.71. The fraction of sp³-hybridized carbons (Fsp3) is 0.933. The lowest BCUT2D eigenvalue weighted by Gasteiger charge is -2.37. The number of hydrogen-bond donors (Lipinski definition) is 1. The summed E-state index contributed by atoms with van der Waals surface area (Å²) >= 11 is 0. The molecule has 3 atom stereocenters. The van der Waals surface area contributed by atoms with E-state index in [4.69, 9.17) is 0 Å². The normalized spacial score (nSPS) is 38.8. The predicted octanol–water partition coefficient (Wildman–Crippen LogP) is 2.02. The zero-order valence-electron chi connectivity index (χ0n) is 11.7. The Morgan fingerprint density at radius 2 is 1.94 bits per heavy atom. The van der Waals surface area contributed by atoms with Gasteiger partial charge in [-0.3, -0.25) is 4.79 Å². The zero-order valence-corrected chi connectivity index (χ0v) is 11.7. The SMILES string of the molecule is CC1CCC(C)N(C(=O)C2CC23CCNCC3)C1. The highest BCUT2D eigenvalue weighted by Gasteiger charge is 2.58. The number of rotatable bonds is 1. The average molecular weight is 250 g/mol. The maximum absolute atomic E-state index is 12.7. The second-order valence-electron chi connectivity index (χ2n) is 6.89. The molecule has 0 aromatic rings. The van der Waals surface area contributed by atoms with Gasteiger partial charge in [-0.25, -0.2) is 0 Å². The Balaban J connectivity index is 1.64. The number of amides is 1. The van der Waals surface area contributed by atoms with Crippen LogP contribution in [0.25, 0.3) is 0 Å². The minimum Gasteiger partial charge on any atom is -0.339 e. The van der Waals surface area contributed by atoms with E-state index in [-0.39, 0.29) is 0 Å². The van der Waals surface area contributed by atoms with Crippen LogP contribution in [0.2, 0.25) is 0 Å². The maximum Gasteiger partial charge on any atom is 0.226 e. The number of carbonyl (C=O) groups is 1. The van der Waals surface area contributed by atoms with Crippen LogP contribution in [0, 0.1) is 17.3 Å². The van der Waals surface area contributed by atoms with Gasteiger partial charge in [0.15, 0.2) is 0 Å². The molecule has 2 heterocycles. The molecule has 0 radical (unpaired) electrons. The van der Waals surface area contributed by atoms with Crippen molar-refractivity contribution in [2.75, 3.05) is 19.6 Å². The minimum atomic E-state index is 0.354. The Bertz CT molecular complexity index is 335. The molecule has 0 aromatic carbocycles. The molecule has 18 heavy (non-hydrogen) atoms. The molecular weight excluding hydrogens is 224 g/mol. The van der Waals surface area contributed by atoms with Crippen LogP contribution >= 0.6 is 0 Å². The van der Waals surface area contributed by atoms with Crippen molar-refractivity contribution >= 4 is 5.91 Å². The Kier molecular flexibility index (Phi) is 3.13. The first-order chi connectivity index (χ1) is 8.62. The van der Waals surface area contributed by atoms with Crippen molar-refractivity contribution in [3.05, 3.63) is 0 Å². The van der Waals surface area contributed by atoms with E-state index in [0.29, 0.717) is 29.2 Å². The number of piperidine rings is 2. The summed E-state index contributed by atoms with van der Waals surface area (Å²) in [5, 5.41) is 3.41. The largest absolute Gasteiger partial charge is 0.339 e. The zero-order chi connectivity index (χ0) is 12.8. The van der Waals surface area contributed by atoms with Crippen molar-refractivity contribution in [3.63, 3.8) is 0 Å². The quantitative estimate of drug-likeness (QED) is 0.772. The molecule has 0 aromatic heterocycles. The Morgan fingerprint density at radius 3 is 2.67 bits per heavy atom. The molecule has 1 N–H and O–H groups in total. The fourth-order valence-electron chi connectivity index (χ4n) is 3.97. The average Bonchev–Trinajstić information content (AvgIpc) is 3.06.